The topological polar surface area (TPSA) is 66.0 Å². The highest BCUT2D eigenvalue weighted by atomic mass is 16.5. The van der Waals surface area contributed by atoms with Gasteiger partial charge in [-0.25, -0.2) is 4.68 Å². The van der Waals surface area contributed by atoms with Crippen molar-refractivity contribution in [2.24, 2.45) is 7.05 Å². The van der Waals surface area contributed by atoms with E-state index in [4.69, 9.17) is 10.5 Å². The van der Waals surface area contributed by atoms with Gasteiger partial charge in [-0.05, 0) is 18.6 Å². The summed E-state index contributed by atoms with van der Waals surface area (Å²) in [6.07, 6.45) is 3.55. The van der Waals surface area contributed by atoms with Crippen LogP contribution in [0.15, 0.2) is 36.5 Å². The van der Waals surface area contributed by atoms with Crippen molar-refractivity contribution in [2.75, 3.05) is 5.73 Å². The molecule has 0 fully saturated rings. The second kappa shape index (κ2) is 5.44. The average Bonchev–Trinajstić information content (AvgIpc) is 2.75. The fourth-order valence-corrected chi connectivity index (χ4v) is 2.34. The highest BCUT2D eigenvalue weighted by Gasteiger charge is 2.15. The van der Waals surface area contributed by atoms with Crippen LogP contribution in [0.4, 0.5) is 5.69 Å². The van der Waals surface area contributed by atoms with Gasteiger partial charge in [-0.15, -0.1) is 0 Å². The maximum atomic E-state index is 6.12. The van der Waals surface area contributed by atoms with Gasteiger partial charge in [-0.1, -0.05) is 31.5 Å². The van der Waals surface area contributed by atoms with Crippen molar-refractivity contribution in [3.8, 4) is 11.6 Å². The zero-order valence-corrected chi connectivity index (χ0v) is 12.2. The Morgan fingerprint density at radius 1 is 1.29 bits per heavy atom. The maximum absolute atomic E-state index is 6.12. The molecule has 0 aliphatic rings. The molecule has 0 unspecified atom stereocenters. The Morgan fingerprint density at radius 3 is 2.90 bits per heavy atom. The van der Waals surface area contributed by atoms with E-state index in [1.807, 2.05) is 37.4 Å². The zero-order valence-electron chi connectivity index (χ0n) is 12.2. The van der Waals surface area contributed by atoms with E-state index < -0.39 is 0 Å². The zero-order chi connectivity index (χ0) is 14.8. The Morgan fingerprint density at radius 2 is 2.10 bits per heavy atom. The molecular formula is C16H18N4O. The minimum absolute atomic E-state index is 0.565. The van der Waals surface area contributed by atoms with Crippen molar-refractivity contribution in [1.82, 2.24) is 14.8 Å². The molecule has 0 aliphatic heterocycles. The molecule has 2 N–H and O–H groups in total. The average molecular weight is 282 g/mol. The molecule has 5 nitrogen and oxygen atoms in total. The molecule has 3 rings (SSSR count). The number of nitrogens with zero attached hydrogens (tertiary/aromatic N) is 3. The smallest absolute Gasteiger partial charge is 0.241 e. The fraction of sp³-hybridized carbons (Fsp3) is 0.250. The summed E-state index contributed by atoms with van der Waals surface area (Å²) in [4.78, 5) is 4.38. The monoisotopic (exact) mass is 282 g/mol. The van der Waals surface area contributed by atoms with Gasteiger partial charge in [-0.2, -0.15) is 5.10 Å². The Bertz CT molecular complexity index is 779. The predicted octanol–water partition coefficient (Wildman–Crippen LogP) is 3.30. The van der Waals surface area contributed by atoms with E-state index in [2.05, 4.69) is 17.0 Å². The van der Waals surface area contributed by atoms with Crippen molar-refractivity contribution < 1.29 is 4.74 Å². The molecule has 0 aliphatic carbocycles. The van der Waals surface area contributed by atoms with Gasteiger partial charge in [0.2, 0.25) is 5.88 Å². The van der Waals surface area contributed by atoms with Gasteiger partial charge in [0.25, 0.3) is 0 Å². The number of fused-ring (bicyclic) bond motifs is 1. The summed E-state index contributed by atoms with van der Waals surface area (Å²) >= 11 is 0. The van der Waals surface area contributed by atoms with Crippen molar-refractivity contribution in [3.05, 3.63) is 42.2 Å². The summed E-state index contributed by atoms with van der Waals surface area (Å²) in [6, 6.07) is 9.87. The van der Waals surface area contributed by atoms with Crippen LogP contribution in [0.25, 0.3) is 10.9 Å². The Labute approximate surface area is 123 Å². The molecule has 0 radical (unpaired) electrons. The molecule has 108 valence electrons. The van der Waals surface area contributed by atoms with Crippen LogP contribution in [0.2, 0.25) is 0 Å². The quantitative estimate of drug-likeness (QED) is 0.797. The largest absolute Gasteiger partial charge is 0.436 e. The number of nitrogens with two attached hydrogens (primary N) is 1. The lowest BCUT2D eigenvalue weighted by atomic mass is 10.2. The Hall–Kier alpha value is -2.56. The van der Waals surface area contributed by atoms with E-state index in [-0.39, 0.29) is 0 Å². The second-order valence-electron chi connectivity index (χ2n) is 5.00. The summed E-state index contributed by atoms with van der Waals surface area (Å²) in [5.74, 6) is 1.22. The molecule has 0 saturated heterocycles. The van der Waals surface area contributed by atoms with E-state index >= 15 is 0 Å². The number of ether oxygens (including phenoxy) is 1. The number of aromatic nitrogens is 3. The minimum atomic E-state index is 0.565. The normalized spacial score (nSPS) is 11.0. The first-order chi connectivity index (χ1) is 10.2. The molecule has 0 amide bonds. The van der Waals surface area contributed by atoms with Crippen molar-refractivity contribution in [1.29, 1.82) is 0 Å². The van der Waals surface area contributed by atoms with Crippen molar-refractivity contribution >= 4 is 16.6 Å². The molecule has 1 aromatic carbocycles. The SMILES string of the molecule is CCCc1nn(C)c(Oc2cnc3ccccc3c2)c1N. The van der Waals surface area contributed by atoms with E-state index in [0.29, 0.717) is 17.3 Å². The number of anilines is 1. The van der Waals surface area contributed by atoms with Gasteiger partial charge in [0, 0.05) is 12.4 Å². The first-order valence-corrected chi connectivity index (χ1v) is 7.03. The fourth-order valence-electron chi connectivity index (χ4n) is 2.34. The maximum Gasteiger partial charge on any atom is 0.241 e. The van der Waals surface area contributed by atoms with Gasteiger partial charge in [0.05, 0.1) is 17.4 Å². The highest BCUT2D eigenvalue weighted by Crippen LogP contribution is 2.30. The Kier molecular flexibility index (Phi) is 3.48. The summed E-state index contributed by atoms with van der Waals surface area (Å²) in [7, 11) is 1.83. The molecule has 3 aromatic rings. The van der Waals surface area contributed by atoms with Crippen LogP contribution < -0.4 is 10.5 Å². The molecular weight excluding hydrogens is 264 g/mol. The van der Waals surface area contributed by atoms with Gasteiger partial charge >= 0.3 is 0 Å². The molecule has 5 heteroatoms. The lowest BCUT2D eigenvalue weighted by Crippen LogP contribution is -1.97. The van der Waals surface area contributed by atoms with Gasteiger partial charge in [-0.3, -0.25) is 4.98 Å². The first kappa shape index (κ1) is 13.4. The van der Waals surface area contributed by atoms with Crippen LogP contribution in [0, 0.1) is 0 Å². The summed E-state index contributed by atoms with van der Waals surface area (Å²) in [5, 5.41) is 5.44. The summed E-state index contributed by atoms with van der Waals surface area (Å²) < 4.78 is 7.56. The molecule has 0 spiro atoms. The third kappa shape index (κ3) is 2.54. The second-order valence-corrected chi connectivity index (χ2v) is 5.00. The number of rotatable bonds is 4. The molecule has 2 heterocycles. The predicted molar refractivity (Wildman–Crippen MR) is 83.4 cm³/mol. The molecule has 21 heavy (non-hydrogen) atoms. The standard InChI is InChI=1S/C16H18N4O/c1-3-6-14-15(17)16(20(2)19-14)21-12-9-11-7-4-5-8-13(11)18-10-12/h4-5,7-10H,3,6,17H2,1-2H3. The number of hydrogen-bond acceptors (Lipinski definition) is 4. The van der Waals surface area contributed by atoms with Crippen LogP contribution >= 0.6 is 0 Å². The summed E-state index contributed by atoms with van der Waals surface area (Å²) in [5.41, 5.74) is 8.54. The number of aryl methyl sites for hydroxylation is 2. The lowest BCUT2D eigenvalue weighted by Gasteiger charge is -2.07. The van der Waals surface area contributed by atoms with Crippen LogP contribution in [0.1, 0.15) is 19.0 Å². The van der Waals surface area contributed by atoms with Gasteiger partial charge in [0.15, 0.2) is 0 Å². The van der Waals surface area contributed by atoms with Gasteiger partial charge < -0.3 is 10.5 Å². The third-order valence-electron chi connectivity index (χ3n) is 3.37. The third-order valence-corrected chi connectivity index (χ3v) is 3.37. The number of nitrogen functional groups attached to an aromatic ring is 1. The Balaban J connectivity index is 1.94. The molecule has 0 saturated carbocycles. The van der Waals surface area contributed by atoms with Crippen LogP contribution in [0.3, 0.4) is 0 Å². The molecule has 0 bridgehead atoms. The van der Waals surface area contributed by atoms with E-state index in [0.717, 1.165) is 29.4 Å². The van der Waals surface area contributed by atoms with Crippen LogP contribution in [0.5, 0.6) is 11.6 Å². The lowest BCUT2D eigenvalue weighted by molar-refractivity contribution is 0.431. The molecule has 2 aromatic heterocycles. The van der Waals surface area contributed by atoms with E-state index in [1.165, 1.54) is 0 Å². The van der Waals surface area contributed by atoms with Crippen molar-refractivity contribution in [2.45, 2.75) is 19.8 Å². The van der Waals surface area contributed by atoms with Crippen LogP contribution in [-0.4, -0.2) is 14.8 Å². The van der Waals surface area contributed by atoms with E-state index in [1.54, 1.807) is 10.9 Å². The number of hydrogen-bond donors (Lipinski definition) is 1. The number of para-hydroxylation sites is 1. The number of pyridine rings is 1. The number of benzene rings is 1. The van der Waals surface area contributed by atoms with Gasteiger partial charge in [0.1, 0.15) is 11.4 Å². The summed E-state index contributed by atoms with van der Waals surface area (Å²) in [6.45, 7) is 2.10. The van der Waals surface area contributed by atoms with E-state index in [9.17, 15) is 0 Å². The van der Waals surface area contributed by atoms with Crippen molar-refractivity contribution in [3.63, 3.8) is 0 Å². The molecule has 0 atom stereocenters. The van der Waals surface area contributed by atoms with Crippen LogP contribution in [-0.2, 0) is 13.5 Å². The minimum Gasteiger partial charge on any atom is -0.436 e. The first-order valence-electron chi connectivity index (χ1n) is 7.03. The highest BCUT2D eigenvalue weighted by molar-refractivity contribution is 5.79.